The first-order valence-electron chi connectivity index (χ1n) is 12.8. The molecule has 0 fully saturated rings. The molecular formula is C29H38N6O. The summed E-state index contributed by atoms with van der Waals surface area (Å²) in [4.78, 5) is 18.8. The van der Waals surface area contributed by atoms with E-state index in [1.165, 1.54) is 11.1 Å². The maximum absolute atomic E-state index is 13.3. The van der Waals surface area contributed by atoms with Crippen molar-refractivity contribution in [3.63, 3.8) is 0 Å². The average Bonchev–Trinajstić information content (AvgIpc) is 3.35. The Kier molecular flexibility index (Phi) is 7.41. The van der Waals surface area contributed by atoms with Gasteiger partial charge in [0.2, 0.25) is 0 Å². The molecule has 4 aromatic rings. The van der Waals surface area contributed by atoms with Crippen LogP contribution in [0.25, 0.3) is 10.9 Å². The topological polar surface area (TPSA) is 79.7 Å². The molecule has 190 valence electrons. The number of hydrogen-bond acceptors (Lipinski definition) is 5. The first-order chi connectivity index (χ1) is 17.1. The molecule has 2 aromatic carbocycles. The highest BCUT2D eigenvalue weighted by molar-refractivity contribution is 5.85. The zero-order valence-corrected chi connectivity index (χ0v) is 22.6. The molecular weight excluding hydrogens is 448 g/mol. The molecule has 0 saturated carbocycles. The van der Waals surface area contributed by atoms with E-state index in [4.69, 9.17) is 0 Å². The van der Waals surface area contributed by atoms with Crippen LogP contribution < -0.4 is 5.56 Å². The molecule has 4 rings (SSSR count). The van der Waals surface area contributed by atoms with Gasteiger partial charge in [-0.15, -0.1) is 5.10 Å². The molecule has 0 radical (unpaired) electrons. The maximum atomic E-state index is 13.3. The van der Waals surface area contributed by atoms with Crippen LogP contribution in [0.15, 0.2) is 47.3 Å². The number of aromatic nitrogens is 5. The van der Waals surface area contributed by atoms with Crippen molar-refractivity contribution in [2.45, 2.75) is 86.0 Å². The van der Waals surface area contributed by atoms with E-state index in [9.17, 15) is 4.79 Å². The Balaban J connectivity index is 1.80. The monoisotopic (exact) mass is 486 g/mol. The van der Waals surface area contributed by atoms with E-state index < -0.39 is 0 Å². The summed E-state index contributed by atoms with van der Waals surface area (Å²) in [5.74, 6) is 0.834. The third kappa shape index (κ3) is 5.12. The van der Waals surface area contributed by atoms with Gasteiger partial charge >= 0.3 is 0 Å². The second-order valence-electron chi connectivity index (χ2n) is 10.5. The lowest BCUT2D eigenvalue weighted by Crippen LogP contribution is -2.36. The zero-order chi connectivity index (χ0) is 26.0. The van der Waals surface area contributed by atoms with Crippen molar-refractivity contribution < 1.29 is 0 Å². The number of nitrogens with one attached hydrogen (secondary N) is 1. The number of H-pyrrole nitrogens is 1. The first-order valence-corrected chi connectivity index (χ1v) is 12.8. The number of tetrazole rings is 1. The minimum absolute atomic E-state index is 0.0477. The summed E-state index contributed by atoms with van der Waals surface area (Å²) < 4.78 is 1.96. The molecule has 2 heterocycles. The lowest BCUT2D eigenvalue weighted by atomic mass is 10.0. The van der Waals surface area contributed by atoms with Crippen LogP contribution in [0, 0.1) is 20.8 Å². The lowest BCUT2D eigenvalue weighted by molar-refractivity contribution is 0.150. The molecule has 0 saturated heterocycles. The van der Waals surface area contributed by atoms with Crippen LogP contribution in [-0.4, -0.2) is 30.1 Å². The van der Waals surface area contributed by atoms with Gasteiger partial charge in [-0.3, -0.25) is 9.69 Å². The highest BCUT2D eigenvalue weighted by atomic mass is 16.1. The molecule has 0 amide bonds. The number of nitrogens with zero attached hydrogens (tertiary/aromatic N) is 5. The van der Waals surface area contributed by atoms with Crippen LogP contribution in [0.4, 0.5) is 0 Å². The molecule has 0 aliphatic heterocycles. The predicted octanol–water partition coefficient (Wildman–Crippen LogP) is 5.74. The van der Waals surface area contributed by atoms with Crippen molar-refractivity contribution in [2.24, 2.45) is 0 Å². The Morgan fingerprint density at radius 3 is 2.36 bits per heavy atom. The van der Waals surface area contributed by atoms with E-state index in [0.29, 0.717) is 13.1 Å². The van der Waals surface area contributed by atoms with Gasteiger partial charge in [0.15, 0.2) is 5.82 Å². The molecule has 1 unspecified atom stereocenters. The van der Waals surface area contributed by atoms with E-state index in [0.717, 1.165) is 46.3 Å². The van der Waals surface area contributed by atoms with E-state index >= 15 is 0 Å². The lowest BCUT2D eigenvalue weighted by Gasteiger charge is -2.33. The normalized spacial score (nSPS) is 13.0. The third-order valence-corrected chi connectivity index (χ3v) is 7.46. The van der Waals surface area contributed by atoms with Crippen molar-refractivity contribution in [1.82, 2.24) is 30.1 Å². The molecule has 0 aliphatic carbocycles. The van der Waals surface area contributed by atoms with Crippen LogP contribution in [0.5, 0.6) is 0 Å². The first kappa shape index (κ1) is 25.8. The fourth-order valence-corrected chi connectivity index (χ4v) is 4.75. The van der Waals surface area contributed by atoms with Crippen molar-refractivity contribution in [3.05, 3.63) is 86.5 Å². The number of benzene rings is 2. The van der Waals surface area contributed by atoms with Gasteiger partial charge in [0, 0.05) is 24.0 Å². The molecule has 0 bridgehead atoms. The molecule has 0 spiro atoms. The largest absolute Gasteiger partial charge is 0.321 e. The van der Waals surface area contributed by atoms with Crippen LogP contribution in [-0.2, 0) is 18.6 Å². The molecule has 7 nitrogen and oxygen atoms in total. The van der Waals surface area contributed by atoms with Crippen LogP contribution in [0.1, 0.15) is 80.2 Å². The minimum Gasteiger partial charge on any atom is -0.321 e. The molecule has 7 heteroatoms. The fourth-order valence-electron chi connectivity index (χ4n) is 4.75. The van der Waals surface area contributed by atoms with Crippen molar-refractivity contribution in [3.8, 4) is 0 Å². The average molecular weight is 487 g/mol. The van der Waals surface area contributed by atoms with Crippen molar-refractivity contribution in [1.29, 1.82) is 0 Å². The Morgan fingerprint density at radius 2 is 1.69 bits per heavy atom. The highest BCUT2D eigenvalue weighted by Crippen LogP contribution is 2.30. The SMILES string of the molecule is CCC(c1nnnn1C(C)(C)CC)N(Cc1ccc(C)cc1)Cc1cc2c(C)ccc(C)c2[nH]c1=O. The third-order valence-electron chi connectivity index (χ3n) is 7.46. The summed E-state index contributed by atoms with van der Waals surface area (Å²) in [6.07, 6.45) is 1.72. The highest BCUT2D eigenvalue weighted by Gasteiger charge is 2.31. The van der Waals surface area contributed by atoms with Crippen molar-refractivity contribution >= 4 is 10.9 Å². The van der Waals surface area contributed by atoms with Gasteiger partial charge in [-0.05, 0) is 80.6 Å². The van der Waals surface area contributed by atoms with Gasteiger partial charge in [0.05, 0.1) is 17.1 Å². The van der Waals surface area contributed by atoms with Gasteiger partial charge in [-0.2, -0.15) is 0 Å². The summed E-state index contributed by atoms with van der Waals surface area (Å²) in [5.41, 5.74) is 6.04. The van der Waals surface area contributed by atoms with Gasteiger partial charge in [-0.25, -0.2) is 4.68 Å². The standard InChI is InChI=1S/C29H38N6O/c1-8-25(27-31-32-33-35(27)29(6,7)9-2)34(17-22-14-10-19(3)11-15-22)18-23-16-24-20(4)12-13-21(5)26(24)30-28(23)36/h10-16,25H,8-9,17-18H2,1-7H3,(H,30,36). The number of fused-ring (bicyclic) bond motifs is 1. The summed E-state index contributed by atoms with van der Waals surface area (Å²) >= 11 is 0. The van der Waals surface area contributed by atoms with Gasteiger partial charge in [0.25, 0.3) is 5.56 Å². The number of hydrogen-bond donors (Lipinski definition) is 1. The molecule has 1 N–H and O–H groups in total. The van der Waals surface area contributed by atoms with E-state index in [1.54, 1.807) is 0 Å². The van der Waals surface area contributed by atoms with E-state index in [1.807, 2.05) is 11.6 Å². The van der Waals surface area contributed by atoms with Crippen LogP contribution in [0.3, 0.4) is 0 Å². The fraction of sp³-hybridized carbons (Fsp3) is 0.448. The number of aromatic amines is 1. The summed E-state index contributed by atoms with van der Waals surface area (Å²) in [6, 6.07) is 14.8. The molecule has 1 atom stereocenters. The van der Waals surface area contributed by atoms with Gasteiger partial charge in [0.1, 0.15) is 0 Å². The summed E-state index contributed by atoms with van der Waals surface area (Å²) in [6.45, 7) is 16.0. The predicted molar refractivity (Wildman–Crippen MR) is 145 cm³/mol. The maximum Gasteiger partial charge on any atom is 0.252 e. The Bertz CT molecular complexity index is 1400. The quantitative estimate of drug-likeness (QED) is 0.326. The summed E-state index contributed by atoms with van der Waals surface area (Å²) in [5, 5.41) is 14.0. The Hall–Kier alpha value is -3.32. The number of aryl methyl sites for hydroxylation is 3. The molecule has 2 aromatic heterocycles. The summed E-state index contributed by atoms with van der Waals surface area (Å²) in [7, 11) is 0. The van der Waals surface area contributed by atoms with Gasteiger partial charge in [-0.1, -0.05) is 55.8 Å². The Morgan fingerprint density at radius 1 is 1.00 bits per heavy atom. The van der Waals surface area contributed by atoms with Crippen LogP contribution in [0.2, 0.25) is 0 Å². The van der Waals surface area contributed by atoms with Crippen molar-refractivity contribution in [2.75, 3.05) is 0 Å². The molecule has 36 heavy (non-hydrogen) atoms. The second-order valence-corrected chi connectivity index (χ2v) is 10.5. The zero-order valence-electron chi connectivity index (χ0n) is 22.6. The van der Waals surface area contributed by atoms with E-state index in [2.05, 4.69) is 109 Å². The smallest absolute Gasteiger partial charge is 0.252 e. The number of pyridine rings is 1. The number of rotatable bonds is 9. The minimum atomic E-state index is -0.211. The molecule has 0 aliphatic rings. The van der Waals surface area contributed by atoms with Crippen LogP contribution >= 0.6 is 0 Å². The second kappa shape index (κ2) is 10.3. The van der Waals surface area contributed by atoms with E-state index in [-0.39, 0.29) is 17.1 Å². The van der Waals surface area contributed by atoms with Gasteiger partial charge < -0.3 is 4.98 Å². The Labute approximate surface area is 213 Å².